The molecule has 7 heavy (non-hydrogen) atoms. The SMILES string of the molecule is FP(F)F.NN.[Ru+2]. The molecule has 0 aliphatic heterocycles. The van der Waals surface area contributed by atoms with Crippen molar-refractivity contribution < 1.29 is 32.1 Å². The van der Waals surface area contributed by atoms with Crippen molar-refractivity contribution in [3.63, 3.8) is 0 Å². The topological polar surface area (TPSA) is 52.0 Å². The van der Waals surface area contributed by atoms with Crippen LogP contribution in [0.25, 0.3) is 0 Å². The van der Waals surface area contributed by atoms with Crippen LogP contribution in [0.1, 0.15) is 0 Å². The van der Waals surface area contributed by atoms with Crippen molar-refractivity contribution in [2.24, 2.45) is 11.7 Å². The van der Waals surface area contributed by atoms with Gasteiger partial charge in [0.05, 0.1) is 0 Å². The molecule has 0 bridgehead atoms. The van der Waals surface area contributed by atoms with E-state index >= 15 is 0 Å². The molecule has 2 nitrogen and oxygen atoms in total. The van der Waals surface area contributed by atoms with Gasteiger partial charge in [-0.1, -0.05) is 0 Å². The molecule has 0 aromatic rings. The van der Waals surface area contributed by atoms with Crippen molar-refractivity contribution in [2.75, 3.05) is 0 Å². The second-order valence-corrected chi connectivity index (χ2v) is 0.575. The monoisotopic (exact) mass is 222 g/mol. The molecule has 4 N–H and O–H groups in total. The Kier molecular flexibility index (Phi) is 35.5. The fourth-order valence-electron chi connectivity index (χ4n) is 0. The predicted octanol–water partition coefficient (Wildman–Crippen LogP) is 0.938. The van der Waals surface area contributed by atoms with Crippen LogP contribution in [0.15, 0.2) is 0 Å². The average Bonchev–Trinajstić information content (AvgIpc) is 1.41. The quantitative estimate of drug-likeness (QED) is 0.277. The molecule has 0 aromatic heterocycles. The third kappa shape index (κ3) is 263. The number of rotatable bonds is 0. The van der Waals surface area contributed by atoms with Crippen LogP contribution in [0.4, 0.5) is 12.6 Å². The van der Waals surface area contributed by atoms with E-state index in [0.717, 1.165) is 0 Å². The molecule has 46 valence electrons. The first-order valence-electron chi connectivity index (χ1n) is 0.840. The van der Waals surface area contributed by atoms with E-state index < -0.39 is 8.85 Å². The number of hydrazine groups is 1. The van der Waals surface area contributed by atoms with E-state index in [2.05, 4.69) is 11.7 Å². The third-order valence-corrected chi connectivity index (χ3v) is 0. The van der Waals surface area contributed by atoms with Crippen molar-refractivity contribution >= 4 is 8.85 Å². The van der Waals surface area contributed by atoms with Gasteiger partial charge in [-0.2, -0.15) is 12.6 Å². The van der Waals surface area contributed by atoms with Gasteiger partial charge in [-0.05, 0) is 0 Å². The molecule has 0 radical (unpaired) electrons. The summed E-state index contributed by atoms with van der Waals surface area (Å²) < 4.78 is 29.2. The zero-order valence-corrected chi connectivity index (χ0v) is 5.72. The van der Waals surface area contributed by atoms with Crippen LogP contribution >= 0.6 is 8.85 Å². The van der Waals surface area contributed by atoms with Gasteiger partial charge in [0.1, 0.15) is 0 Å². The summed E-state index contributed by atoms with van der Waals surface area (Å²) in [6.45, 7) is 0. The zero-order valence-electron chi connectivity index (χ0n) is 3.09. The van der Waals surface area contributed by atoms with Crippen molar-refractivity contribution in [1.29, 1.82) is 0 Å². The maximum Gasteiger partial charge on any atom is 2.00 e. The van der Waals surface area contributed by atoms with E-state index in [9.17, 15) is 12.6 Å². The van der Waals surface area contributed by atoms with Crippen molar-refractivity contribution in [3.8, 4) is 0 Å². The summed E-state index contributed by atoms with van der Waals surface area (Å²) in [6.07, 6.45) is 0. The van der Waals surface area contributed by atoms with Crippen LogP contribution in [0.2, 0.25) is 0 Å². The van der Waals surface area contributed by atoms with Gasteiger partial charge in [0.25, 0.3) is 0 Å². The molecule has 0 saturated heterocycles. The minimum Gasteiger partial charge on any atom is -0.274 e. The van der Waals surface area contributed by atoms with Gasteiger partial charge in [-0.25, -0.2) is 0 Å². The molecule has 0 spiro atoms. The summed E-state index contributed by atoms with van der Waals surface area (Å²) in [6, 6.07) is 0. The van der Waals surface area contributed by atoms with Crippen LogP contribution < -0.4 is 11.7 Å². The van der Waals surface area contributed by atoms with Crippen LogP contribution in [-0.4, -0.2) is 0 Å². The molecule has 0 heterocycles. The molecule has 0 aliphatic rings. The molecule has 0 amide bonds. The molecule has 0 fully saturated rings. The van der Waals surface area contributed by atoms with Gasteiger partial charge in [-0.15, -0.1) is 0 Å². The van der Waals surface area contributed by atoms with E-state index in [1.165, 1.54) is 0 Å². The standard InChI is InChI=1S/F3P.H4N2.Ru/c1-4(2)3;1-2;/h;1-2H2;/q;;+2. The van der Waals surface area contributed by atoms with E-state index in [4.69, 9.17) is 0 Å². The summed E-state index contributed by atoms with van der Waals surface area (Å²) in [5.74, 6) is 8.00. The Bertz CT molecular complexity index is 17.7. The van der Waals surface area contributed by atoms with E-state index in [1.54, 1.807) is 0 Å². The van der Waals surface area contributed by atoms with Crippen LogP contribution in [-0.2, 0) is 19.5 Å². The molecule has 0 unspecified atom stereocenters. The van der Waals surface area contributed by atoms with E-state index in [1.807, 2.05) is 0 Å². The normalized spacial score (nSPS) is 6.00. The molecule has 0 aliphatic carbocycles. The smallest absolute Gasteiger partial charge is 0.274 e. The first-order chi connectivity index (χ1) is 2.73. The summed E-state index contributed by atoms with van der Waals surface area (Å²) >= 11 is 0. The van der Waals surface area contributed by atoms with Gasteiger partial charge in [0.15, 0.2) is 0 Å². The fourth-order valence-corrected chi connectivity index (χ4v) is 0. The Labute approximate surface area is 53.3 Å². The number of nitrogens with two attached hydrogens (primary N) is 2. The number of halogens is 3. The molecular formula is H4F3N2PRu+2. The molecule has 0 aromatic carbocycles. The van der Waals surface area contributed by atoms with Crippen LogP contribution in [0, 0.1) is 0 Å². The number of hydrogen-bond donors (Lipinski definition) is 2. The first kappa shape index (κ1) is 15.7. The van der Waals surface area contributed by atoms with Crippen LogP contribution in [0.5, 0.6) is 0 Å². The maximum absolute atomic E-state index is 9.73. The second-order valence-electron chi connectivity index (χ2n) is 0.192. The van der Waals surface area contributed by atoms with Gasteiger partial charge < -0.3 is 0 Å². The molecule has 0 atom stereocenters. The summed E-state index contributed by atoms with van der Waals surface area (Å²) in [5, 5.41) is 0. The van der Waals surface area contributed by atoms with Crippen molar-refractivity contribution in [1.82, 2.24) is 0 Å². The average molecular weight is 221 g/mol. The Morgan fingerprint density at radius 3 is 1.00 bits per heavy atom. The molecule has 7 heteroatoms. The van der Waals surface area contributed by atoms with Gasteiger partial charge in [0, 0.05) is 0 Å². The Morgan fingerprint density at radius 2 is 1.00 bits per heavy atom. The van der Waals surface area contributed by atoms with Crippen LogP contribution in [0.3, 0.4) is 0 Å². The first-order valence-corrected chi connectivity index (χ1v) is 1.85. The molecular weight excluding hydrogens is 217 g/mol. The largest absolute Gasteiger partial charge is 2.00 e. The van der Waals surface area contributed by atoms with E-state index in [-0.39, 0.29) is 19.5 Å². The summed E-state index contributed by atoms with van der Waals surface area (Å²) in [7, 11) is -4.12. The summed E-state index contributed by atoms with van der Waals surface area (Å²) in [5.41, 5.74) is 0. The Hall–Kier alpha value is 0.763. The Balaban J connectivity index is -0.0000000480. The predicted molar refractivity (Wildman–Crippen MR) is 18.6 cm³/mol. The minimum atomic E-state index is -4.12. The molecule has 0 rings (SSSR count). The van der Waals surface area contributed by atoms with Gasteiger partial charge >= 0.3 is 28.3 Å². The zero-order chi connectivity index (χ0) is 5.58. The maximum atomic E-state index is 9.73. The van der Waals surface area contributed by atoms with E-state index in [0.29, 0.717) is 0 Å². The fraction of sp³-hybridized carbons (Fsp3) is 0. The number of hydrogen-bond acceptors (Lipinski definition) is 2. The molecule has 0 saturated carbocycles. The third-order valence-electron chi connectivity index (χ3n) is 0. The minimum absolute atomic E-state index is 0. The van der Waals surface area contributed by atoms with Crippen molar-refractivity contribution in [2.45, 2.75) is 0 Å². The second kappa shape index (κ2) is 15.9. The van der Waals surface area contributed by atoms with Gasteiger partial charge in [-0.3, -0.25) is 11.7 Å². The van der Waals surface area contributed by atoms with Gasteiger partial charge in [0.2, 0.25) is 0 Å². The van der Waals surface area contributed by atoms with Crippen molar-refractivity contribution in [3.05, 3.63) is 0 Å². The Morgan fingerprint density at radius 1 is 1.00 bits per heavy atom. The summed E-state index contributed by atoms with van der Waals surface area (Å²) in [4.78, 5) is 0.